The highest BCUT2D eigenvalue weighted by Crippen LogP contribution is 2.49. The molecule has 13 heteroatoms. The van der Waals surface area contributed by atoms with Gasteiger partial charge in [0.05, 0.1) is 11.7 Å². The summed E-state index contributed by atoms with van der Waals surface area (Å²) in [7, 11) is 0. The summed E-state index contributed by atoms with van der Waals surface area (Å²) in [4.78, 5) is 23.7. The number of carboxylic acids is 1. The molecule has 6 nitrogen and oxygen atoms in total. The molecular formula is C20H14F7NO5. The molecule has 33 heavy (non-hydrogen) atoms. The molecule has 3 unspecified atom stereocenters. The van der Waals surface area contributed by atoms with E-state index < -0.39 is 76.0 Å². The Balaban J connectivity index is 2.16. The number of alkyl halides is 5. The standard InChI is InChI=1S/C20H14F7NO5/c21-13-11(8-4-2-1-3-5-8)15(23)19(24,33-20(25,26)27)16(14(13)22)28-17(30)12-9(18(31)32)6-7-10(12)29/h1-5,10,15,29H,6-7H2,(H,28,30)(H,31,32). The SMILES string of the molecule is O=C(O)C1=C(C(=O)NC2=C(F)C(F)=C(c3ccccc3)C(F)C2(F)OC(F)(F)F)C(O)CC1. The van der Waals surface area contributed by atoms with Gasteiger partial charge in [-0.3, -0.25) is 4.79 Å². The zero-order valence-electron chi connectivity index (χ0n) is 16.2. The van der Waals surface area contributed by atoms with Gasteiger partial charge in [-0.1, -0.05) is 30.3 Å². The number of nitrogens with one attached hydrogen (secondary N) is 1. The molecule has 2 aliphatic rings. The lowest BCUT2D eigenvalue weighted by Crippen LogP contribution is -2.52. The maximum atomic E-state index is 15.5. The third-order valence-electron chi connectivity index (χ3n) is 4.99. The fourth-order valence-corrected chi connectivity index (χ4v) is 3.56. The minimum atomic E-state index is -5.91. The number of carbonyl (C=O) groups excluding carboxylic acids is 1. The van der Waals surface area contributed by atoms with Crippen molar-refractivity contribution in [2.75, 3.05) is 0 Å². The molecule has 0 saturated heterocycles. The maximum absolute atomic E-state index is 15.5. The number of hydrogen-bond donors (Lipinski definition) is 3. The lowest BCUT2D eigenvalue weighted by atomic mass is 9.88. The number of rotatable bonds is 5. The van der Waals surface area contributed by atoms with E-state index in [0.29, 0.717) is 0 Å². The van der Waals surface area contributed by atoms with Crippen LogP contribution in [0.4, 0.5) is 30.7 Å². The van der Waals surface area contributed by atoms with Crippen molar-refractivity contribution in [1.82, 2.24) is 5.32 Å². The second kappa shape index (κ2) is 8.63. The third-order valence-corrected chi connectivity index (χ3v) is 4.99. The Morgan fingerprint density at radius 2 is 1.73 bits per heavy atom. The molecule has 0 aliphatic heterocycles. The molecule has 0 bridgehead atoms. The number of allylic oxidation sites excluding steroid dienone is 2. The number of halogens is 7. The fraction of sp³-hybridized carbons (Fsp3) is 0.300. The number of carboxylic acid groups (broad SMARTS) is 1. The summed E-state index contributed by atoms with van der Waals surface area (Å²) < 4.78 is 102. The van der Waals surface area contributed by atoms with Crippen LogP contribution in [0.5, 0.6) is 0 Å². The number of benzene rings is 1. The lowest BCUT2D eigenvalue weighted by molar-refractivity contribution is -0.391. The van der Waals surface area contributed by atoms with Crippen LogP contribution in [-0.4, -0.2) is 46.6 Å². The summed E-state index contributed by atoms with van der Waals surface area (Å²) in [6.45, 7) is 0. The van der Waals surface area contributed by atoms with Gasteiger partial charge in [0, 0.05) is 11.1 Å². The summed E-state index contributed by atoms with van der Waals surface area (Å²) in [6.07, 6.45) is -11.9. The monoisotopic (exact) mass is 481 g/mol. The summed E-state index contributed by atoms with van der Waals surface area (Å²) in [5.41, 5.74) is -5.76. The van der Waals surface area contributed by atoms with E-state index >= 15 is 8.78 Å². The van der Waals surface area contributed by atoms with Crippen LogP contribution >= 0.6 is 0 Å². The largest absolute Gasteiger partial charge is 0.525 e. The molecule has 0 saturated carbocycles. The molecule has 2 aliphatic carbocycles. The molecule has 1 amide bonds. The average molecular weight is 481 g/mol. The van der Waals surface area contributed by atoms with Gasteiger partial charge in [-0.2, -0.15) is 0 Å². The second-order valence-electron chi connectivity index (χ2n) is 7.04. The van der Waals surface area contributed by atoms with E-state index in [4.69, 9.17) is 5.11 Å². The van der Waals surface area contributed by atoms with Gasteiger partial charge in [0.2, 0.25) is 0 Å². The first kappa shape index (κ1) is 24.5. The van der Waals surface area contributed by atoms with E-state index in [-0.39, 0.29) is 12.8 Å². The molecule has 0 aromatic heterocycles. The first-order valence-electron chi connectivity index (χ1n) is 9.19. The minimum Gasteiger partial charge on any atom is -0.478 e. The topological polar surface area (TPSA) is 95.9 Å². The van der Waals surface area contributed by atoms with Crippen LogP contribution in [-0.2, 0) is 14.3 Å². The number of carbonyl (C=O) groups is 2. The van der Waals surface area contributed by atoms with Crippen LogP contribution in [0.1, 0.15) is 18.4 Å². The van der Waals surface area contributed by atoms with Crippen LogP contribution in [0, 0.1) is 0 Å². The number of aliphatic hydroxyl groups excluding tert-OH is 1. The number of aliphatic hydroxyl groups is 1. The molecule has 0 spiro atoms. The van der Waals surface area contributed by atoms with E-state index in [1.54, 1.807) is 0 Å². The Bertz CT molecular complexity index is 1080. The molecule has 178 valence electrons. The smallest absolute Gasteiger partial charge is 0.478 e. The van der Waals surface area contributed by atoms with Crippen molar-refractivity contribution in [3.63, 3.8) is 0 Å². The van der Waals surface area contributed by atoms with Crippen molar-refractivity contribution in [2.24, 2.45) is 0 Å². The van der Waals surface area contributed by atoms with Crippen molar-refractivity contribution in [3.8, 4) is 0 Å². The zero-order valence-corrected chi connectivity index (χ0v) is 16.2. The first-order valence-corrected chi connectivity index (χ1v) is 9.19. The summed E-state index contributed by atoms with van der Waals surface area (Å²) in [6, 6.07) is 5.72. The van der Waals surface area contributed by atoms with Crippen molar-refractivity contribution < 1.29 is 55.3 Å². The predicted molar refractivity (Wildman–Crippen MR) is 96.5 cm³/mol. The second-order valence-corrected chi connectivity index (χ2v) is 7.04. The van der Waals surface area contributed by atoms with Gasteiger partial charge in [0.15, 0.2) is 17.8 Å². The molecule has 3 N–H and O–H groups in total. The van der Waals surface area contributed by atoms with Crippen LogP contribution in [0.25, 0.3) is 5.57 Å². The van der Waals surface area contributed by atoms with Crippen molar-refractivity contribution >= 4 is 17.4 Å². The zero-order chi connectivity index (χ0) is 24.7. The normalized spacial score (nSPS) is 26.2. The highest BCUT2D eigenvalue weighted by Gasteiger charge is 2.59. The summed E-state index contributed by atoms with van der Waals surface area (Å²) in [5, 5.41) is 20.2. The fourth-order valence-electron chi connectivity index (χ4n) is 3.56. The van der Waals surface area contributed by atoms with Crippen LogP contribution in [0.3, 0.4) is 0 Å². The van der Waals surface area contributed by atoms with Gasteiger partial charge < -0.3 is 15.5 Å². The molecular weight excluding hydrogens is 467 g/mol. The average Bonchev–Trinajstić information content (AvgIpc) is 3.11. The Kier molecular flexibility index (Phi) is 6.40. The molecule has 1 aromatic carbocycles. The Morgan fingerprint density at radius 1 is 1.12 bits per heavy atom. The summed E-state index contributed by atoms with van der Waals surface area (Å²) >= 11 is 0. The quantitative estimate of drug-likeness (QED) is 0.557. The van der Waals surface area contributed by atoms with Crippen LogP contribution < -0.4 is 5.32 Å². The van der Waals surface area contributed by atoms with Gasteiger partial charge in [0.1, 0.15) is 5.70 Å². The molecule has 3 atom stereocenters. The van der Waals surface area contributed by atoms with Gasteiger partial charge in [0.25, 0.3) is 11.8 Å². The van der Waals surface area contributed by atoms with E-state index in [9.17, 15) is 36.6 Å². The first-order chi connectivity index (χ1) is 15.3. The Hall–Kier alpha value is -3.19. The van der Waals surface area contributed by atoms with E-state index in [0.717, 1.165) is 12.1 Å². The number of ether oxygens (including phenoxy) is 1. The highest BCUT2D eigenvalue weighted by atomic mass is 19.4. The van der Waals surface area contributed by atoms with E-state index in [2.05, 4.69) is 4.74 Å². The summed E-state index contributed by atoms with van der Waals surface area (Å²) in [5.74, 6) is -12.8. The third kappa shape index (κ3) is 4.50. The van der Waals surface area contributed by atoms with Gasteiger partial charge in [-0.25, -0.2) is 27.1 Å². The molecule has 1 aromatic rings. The maximum Gasteiger partial charge on any atom is 0.525 e. The molecule has 0 radical (unpaired) electrons. The molecule has 0 fully saturated rings. The van der Waals surface area contributed by atoms with Gasteiger partial charge >= 0.3 is 12.3 Å². The van der Waals surface area contributed by atoms with Crippen molar-refractivity contribution in [2.45, 2.75) is 37.3 Å². The predicted octanol–water partition coefficient (Wildman–Crippen LogP) is 3.75. The van der Waals surface area contributed by atoms with E-state index in [1.165, 1.54) is 23.5 Å². The van der Waals surface area contributed by atoms with Crippen LogP contribution in [0.15, 0.2) is 58.8 Å². The molecule has 0 heterocycles. The lowest BCUT2D eigenvalue weighted by Gasteiger charge is -2.36. The van der Waals surface area contributed by atoms with Gasteiger partial charge in [-0.05, 0) is 18.4 Å². The van der Waals surface area contributed by atoms with E-state index in [1.807, 2.05) is 0 Å². The number of amides is 1. The molecule has 3 rings (SSSR count). The number of aliphatic carboxylic acids is 1. The number of hydrogen-bond acceptors (Lipinski definition) is 4. The van der Waals surface area contributed by atoms with Crippen molar-refractivity contribution in [1.29, 1.82) is 0 Å². The Morgan fingerprint density at radius 3 is 2.27 bits per heavy atom. The minimum absolute atomic E-state index is 0.288. The van der Waals surface area contributed by atoms with Gasteiger partial charge in [-0.15, -0.1) is 13.2 Å². The highest BCUT2D eigenvalue weighted by molar-refractivity contribution is 6.04. The van der Waals surface area contributed by atoms with Crippen LogP contribution in [0.2, 0.25) is 0 Å². The Labute approximate surface area is 180 Å². The van der Waals surface area contributed by atoms with Crippen molar-refractivity contribution in [3.05, 3.63) is 64.4 Å².